The number of aromatic nitrogens is 1. The van der Waals surface area contributed by atoms with Crippen LogP contribution in [0.25, 0.3) is 0 Å². The lowest BCUT2D eigenvalue weighted by Crippen LogP contribution is -2.61. The number of aliphatic hydroxyl groups excluding tert-OH is 1. The van der Waals surface area contributed by atoms with Gasteiger partial charge in [-0.05, 0) is 19.3 Å². The summed E-state index contributed by atoms with van der Waals surface area (Å²) < 4.78 is 42.0. The van der Waals surface area contributed by atoms with E-state index in [1.807, 2.05) is 0 Å². The zero-order valence-corrected chi connectivity index (χ0v) is 17.5. The Hall–Kier alpha value is -3.54. The predicted molar refractivity (Wildman–Crippen MR) is 109 cm³/mol. The predicted octanol–water partition coefficient (Wildman–Crippen LogP) is 0.796. The van der Waals surface area contributed by atoms with Gasteiger partial charge in [-0.25, -0.2) is 13.2 Å². The number of carbonyl (C=O) groups excluding carboxylic acids is 2. The highest BCUT2D eigenvalue weighted by Gasteiger charge is 2.40. The summed E-state index contributed by atoms with van der Waals surface area (Å²) in [5.74, 6) is -6.21. The van der Waals surface area contributed by atoms with Crippen molar-refractivity contribution in [3.63, 3.8) is 0 Å². The van der Waals surface area contributed by atoms with E-state index in [-0.39, 0.29) is 12.2 Å². The molecule has 2 aliphatic heterocycles. The van der Waals surface area contributed by atoms with Crippen LogP contribution in [0.3, 0.4) is 0 Å². The Morgan fingerprint density at radius 2 is 1.85 bits per heavy atom. The van der Waals surface area contributed by atoms with Crippen molar-refractivity contribution >= 4 is 11.8 Å². The van der Waals surface area contributed by atoms with E-state index in [0.29, 0.717) is 31.4 Å². The maximum absolute atomic E-state index is 13.9. The molecular weight excluding hydrogens is 445 g/mol. The fraction of sp³-hybridized carbons (Fsp3) is 0.381. The van der Waals surface area contributed by atoms with Crippen LogP contribution < -0.4 is 15.8 Å². The van der Waals surface area contributed by atoms with E-state index in [9.17, 15) is 37.8 Å². The monoisotopic (exact) mass is 466 g/mol. The molecule has 4 rings (SSSR count). The van der Waals surface area contributed by atoms with Crippen molar-refractivity contribution in [3.05, 3.63) is 62.8 Å². The van der Waals surface area contributed by atoms with Gasteiger partial charge in [-0.15, -0.1) is 0 Å². The molecule has 0 saturated carbocycles. The van der Waals surface area contributed by atoms with Crippen LogP contribution in [0.2, 0.25) is 0 Å². The maximum Gasteiger partial charge on any atom is 0.277 e. The number of halogens is 3. The number of pyridine rings is 1. The van der Waals surface area contributed by atoms with Crippen molar-refractivity contribution in [2.24, 2.45) is 0 Å². The number of aliphatic hydroxyl groups is 1. The molecule has 3 heterocycles. The van der Waals surface area contributed by atoms with E-state index in [0.717, 1.165) is 6.20 Å². The first-order valence-corrected chi connectivity index (χ1v) is 10.2. The van der Waals surface area contributed by atoms with Crippen LogP contribution in [0.4, 0.5) is 13.2 Å². The normalized spacial score (nSPS) is 20.2. The second-order valence-electron chi connectivity index (χ2n) is 8.05. The number of amides is 2. The number of fused-ring (bicyclic) bond motifs is 3. The molecule has 0 aliphatic carbocycles. The topological polar surface area (TPSA) is 115 Å². The summed E-state index contributed by atoms with van der Waals surface area (Å²) in [5, 5.41) is 24.5. The minimum Gasteiger partial charge on any atom is -0.502 e. The Kier molecular flexibility index (Phi) is 5.78. The lowest BCUT2D eigenvalue weighted by molar-refractivity contribution is 0.0612. The standard InChI is InChI=1S/C21H21F3N4O5/c1-26-16-4-2-3-11(29)8-27(16)28-9-13(18(30)19(31)17(28)21(26)33)20(32)25-7-12-14(23)5-10(22)6-15(12)24/h5-6,9,11,16,29,31H,2-4,7-8H2,1H3,(H,25,32)/t11-,16-/m0/s1. The van der Waals surface area contributed by atoms with E-state index in [1.165, 1.54) is 16.6 Å². The van der Waals surface area contributed by atoms with E-state index in [1.54, 1.807) is 5.01 Å². The van der Waals surface area contributed by atoms with Gasteiger partial charge < -0.3 is 20.4 Å². The van der Waals surface area contributed by atoms with Gasteiger partial charge >= 0.3 is 0 Å². The second kappa shape index (κ2) is 8.43. The molecule has 1 aromatic heterocycles. The van der Waals surface area contributed by atoms with Crippen LogP contribution in [-0.4, -0.2) is 57.5 Å². The van der Waals surface area contributed by atoms with E-state index >= 15 is 0 Å². The molecule has 0 bridgehead atoms. The number of benzene rings is 1. The summed E-state index contributed by atoms with van der Waals surface area (Å²) >= 11 is 0. The first-order valence-electron chi connectivity index (χ1n) is 10.2. The van der Waals surface area contributed by atoms with Crippen LogP contribution in [0.5, 0.6) is 5.75 Å². The molecular formula is C21H21F3N4O5. The smallest absolute Gasteiger partial charge is 0.277 e. The van der Waals surface area contributed by atoms with Gasteiger partial charge in [-0.1, -0.05) is 0 Å². The minimum atomic E-state index is -1.21. The zero-order valence-electron chi connectivity index (χ0n) is 17.5. The average Bonchev–Trinajstić information content (AvgIpc) is 2.94. The lowest BCUT2D eigenvalue weighted by Gasteiger charge is -2.44. The van der Waals surface area contributed by atoms with Gasteiger partial charge in [-0.3, -0.25) is 24.1 Å². The molecule has 2 amide bonds. The van der Waals surface area contributed by atoms with Gasteiger partial charge in [0.2, 0.25) is 5.43 Å². The van der Waals surface area contributed by atoms with E-state index < -0.39 is 70.4 Å². The fourth-order valence-corrected chi connectivity index (χ4v) is 4.20. The number of hydrogen-bond acceptors (Lipinski definition) is 6. The fourth-order valence-electron chi connectivity index (χ4n) is 4.20. The van der Waals surface area contributed by atoms with Crippen molar-refractivity contribution in [2.75, 3.05) is 18.6 Å². The van der Waals surface area contributed by atoms with E-state index in [4.69, 9.17) is 0 Å². The third-order valence-electron chi connectivity index (χ3n) is 5.93. The molecule has 3 N–H and O–H groups in total. The Morgan fingerprint density at radius 1 is 1.18 bits per heavy atom. The van der Waals surface area contributed by atoms with Crippen LogP contribution in [0.1, 0.15) is 45.7 Å². The summed E-state index contributed by atoms with van der Waals surface area (Å²) in [5.41, 5.74) is -2.69. The summed E-state index contributed by atoms with van der Waals surface area (Å²) in [4.78, 5) is 39.5. The Balaban J connectivity index is 1.71. The molecule has 1 saturated heterocycles. The largest absolute Gasteiger partial charge is 0.502 e. The Bertz CT molecular complexity index is 1180. The number of hydrogen-bond donors (Lipinski definition) is 3. The van der Waals surface area contributed by atoms with Crippen molar-refractivity contribution in [1.82, 2.24) is 14.9 Å². The van der Waals surface area contributed by atoms with Crippen LogP contribution in [0.15, 0.2) is 23.1 Å². The van der Waals surface area contributed by atoms with Crippen molar-refractivity contribution < 1.29 is 33.0 Å². The van der Waals surface area contributed by atoms with E-state index in [2.05, 4.69) is 5.32 Å². The molecule has 0 spiro atoms. The highest BCUT2D eigenvalue weighted by molar-refractivity contribution is 5.99. The quantitative estimate of drug-likeness (QED) is 0.617. The molecule has 9 nitrogen and oxygen atoms in total. The molecule has 176 valence electrons. The van der Waals surface area contributed by atoms with Crippen LogP contribution >= 0.6 is 0 Å². The Morgan fingerprint density at radius 3 is 2.52 bits per heavy atom. The van der Waals surface area contributed by atoms with Crippen LogP contribution in [0, 0.1) is 17.5 Å². The third-order valence-corrected chi connectivity index (χ3v) is 5.93. The van der Waals surface area contributed by atoms with Gasteiger partial charge in [0.05, 0.1) is 12.6 Å². The van der Waals surface area contributed by atoms with Gasteiger partial charge in [0, 0.05) is 37.5 Å². The maximum atomic E-state index is 13.9. The highest BCUT2D eigenvalue weighted by Crippen LogP contribution is 2.28. The highest BCUT2D eigenvalue weighted by atomic mass is 19.1. The van der Waals surface area contributed by atoms with Gasteiger partial charge in [-0.2, -0.15) is 0 Å². The molecule has 2 atom stereocenters. The molecule has 2 aliphatic rings. The van der Waals surface area contributed by atoms with Crippen molar-refractivity contribution in [1.29, 1.82) is 0 Å². The molecule has 1 fully saturated rings. The van der Waals surface area contributed by atoms with Crippen molar-refractivity contribution in [2.45, 2.75) is 38.1 Å². The summed E-state index contributed by atoms with van der Waals surface area (Å²) in [6.45, 7) is -0.615. The van der Waals surface area contributed by atoms with Crippen LogP contribution in [-0.2, 0) is 6.54 Å². The summed E-state index contributed by atoms with van der Waals surface area (Å²) in [6.07, 6.45) is 1.45. The third kappa shape index (κ3) is 3.90. The summed E-state index contributed by atoms with van der Waals surface area (Å²) in [6, 6.07) is 0.911. The minimum absolute atomic E-state index is 0.0741. The molecule has 0 radical (unpaired) electrons. The van der Waals surface area contributed by atoms with Gasteiger partial charge in [0.15, 0.2) is 11.4 Å². The number of rotatable bonds is 3. The number of aromatic hydroxyl groups is 1. The number of nitrogens with zero attached hydrogens (tertiary/aromatic N) is 3. The molecule has 12 heteroatoms. The Labute approximate surface area is 185 Å². The molecule has 0 unspecified atom stereocenters. The molecule has 1 aromatic carbocycles. The van der Waals surface area contributed by atoms with Gasteiger partial charge in [0.25, 0.3) is 11.8 Å². The first kappa shape index (κ1) is 22.6. The zero-order chi connectivity index (χ0) is 24.0. The lowest BCUT2D eigenvalue weighted by atomic mass is 10.1. The number of nitrogens with one attached hydrogen (secondary N) is 1. The van der Waals surface area contributed by atoms with Gasteiger partial charge in [0.1, 0.15) is 29.2 Å². The SMILES string of the molecule is CN1C(=O)c2c(O)c(=O)c(C(=O)NCc3c(F)cc(F)cc3F)cn2N2C[C@@H](O)CCC[C@@H]12. The first-order chi connectivity index (χ1) is 15.6. The van der Waals surface area contributed by atoms with Crippen molar-refractivity contribution in [3.8, 4) is 5.75 Å². The number of carbonyl (C=O) groups is 2. The average molecular weight is 466 g/mol. The second-order valence-corrected chi connectivity index (χ2v) is 8.05. The molecule has 2 aromatic rings. The molecule has 33 heavy (non-hydrogen) atoms. The summed E-state index contributed by atoms with van der Waals surface area (Å²) in [7, 11) is 1.51.